The number of nitrogens with zero attached hydrogens (tertiary/aromatic N) is 3. The van der Waals surface area contributed by atoms with E-state index in [-0.39, 0.29) is 25.2 Å². The molecule has 124 valence electrons. The summed E-state index contributed by atoms with van der Waals surface area (Å²) < 4.78 is 5.23. The molecule has 0 aliphatic carbocycles. The number of aromatic nitrogens is 3. The Balaban J connectivity index is 1.56. The molecule has 2 aromatic rings. The Morgan fingerprint density at radius 3 is 3.22 bits per heavy atom. The molecule has 1 aliphatic rings. The van der Waals surface area contributed by atoms with Crippen molar-refractivity contribution in [1.29, 1.82) is 0 Å². The van der Waals surface area contributed by atoms with Gasteiger partial charge in [0.15, 0.2) is 5.76 Å². The molecule has 2 aromatic heterocycles. The molecular weight excluding hydrogens is 298 g/mol. The van der Waals surface area contributed by atoms with Crippen LogP contribution in [0.1, 0.15) is 31.5 Å². The highest BCUT2D eigenvalue weighted by atomic mass is 16.3. The number of rotatable bonds is 5. The van der Waals surface area contributed by atoms with Crippen LogP contribution in [0.2, 0.25) is 0 Å². The van der Waals surface area contributed by atoms with Crippen LogP contribution in [0.15, 0.2) is 22.8 Å². The number of aliphatic hydroxyl groups excluding tert-OH is 1. The molecule has 23 heavy (non-hydrogen) atoms. The summed E-state index contributed by atoms with van der Waals surface area (Å²) in [5, 5.41) is 18.8. The second kappa shape index (κ2) is 7.28. The van der Waals surface area contributed by atoms with Gasteiger partial charge in [-0.05, 0) is 37.8 Å². The average molecular weight is 319 g/mol. The van der Waals surface area contributed by atoms with Crippen LogP contribution < -0.4 is 5.32 Å². The molecule has 1 atom stereocenters. The van der Waals surface area contributed by atoms with E-state index < -0.39 is 0 Å². The van der Waals surface area contributed by atoms with Gasteiger partial charge in [0.1, 0.15) is 5.82 Å². The number of urea groups is 1. The van der Waals surface area contributed by atoms with Crippen LogP contribution in [0.4, 0.5) is 4.79 Å². The SMILES string of the molecule is O=C(NCc1nc(-c2ccco2)n[nH]1)N1CCCC[C@@H]1CCO. The minimum absolute atomic E-state index is 0.100. The van der Waals surface area contributed by atoms with Gasteiger partial charge in [-0.1, -0.05) is 0 Å². The smallest absolute Gasteiger partial charge is 0.318 e. The lowest BCUT2D eigenvalue weighted by molar-refractivity contribution is 0.131. The summed E-state index contributed by atoms with van der Waals surface area (Å²) in [6.07, 6.45) is 5.23. The fourth-order valence-electron chi connectivity index (χ4n) is 2.87. The van der Waals surface area contributed by atoms with E-state index in [2.05, 4.69) is 20.5 Å². The van der Waals surface area contributed by atoms with Crippen molar-refractivity contribution >= 4 is 6.03 Å². The molecule has 3 N–H and O–H groups in total. The van der Waals surface area contributed by atoms with E-state index in [1.165, 1.54) is 0 Å². The van der Waals surface area contributed by atoms with Crippen molar-refractivity contribution in [2.75, 3.05) is 13.2 Å². The van der Waals surface area contributed by atoms with Gasteiger partial charge in [-0.2, -0.15) is 0 Å². The number of nitrogens with one attached hydrogen (secondary N) is 2. The molecule has 1 fully saturated rings. The maximum absolute atomic E-state index is 12.3. The third-order valence-electron chi connectivity index (χ3n) is 4.03. The molecule has 8 nitrogen and oxygen atoms in total. The minimum Gasteiger partial charge on any atom is -0.461 e. The number of carbonyl (C=O) groups excluding carboxylic acids is 1. The molecule has 1 aliphatic heterocycles. The van der Waals surface area contributed by atoms with Gasteiger partial charge in [0.2, 0.25) is 5.82 Å². The lowest BCUT2D eigenvalue weighted by atomic mass is 10.0. The largest absolute Gasteiger partial charge is 0.461 e. The highest BCUT2D eigenvalue weighted by molar-refractivity contribution is 5.74. The number of hydrogen-bond donors (Lipinski definition) is 3. The number of aromatic amines is 1. The summed E-state index contributed by atoms with van der Waals surface area (Å²) in [6.45, 7) is 1.10. The Hall–Kier alpha value is -2.35. The number of piperidine rings is 1. The van der Waals surface area contributed by atoms with Gasteiger partial charge in [-0.3, -0.25) is 5.10 Å². The molecule has 3 heterocycles. The zero-order valence-corrected chi connectivity index (χ0v) is 12.9. The molecular formula is C15H21N5O3. The first-order chi connectivity index (χ1) is 11.3. The molecule has 8 heteroatoms. The lowest BCUT2D eigenvalue weighted by Gasteiger charge is -2.35. The topological polar surface area (TPSA) is 107 Å². The van der Waals surface area contributed by atoms with Crippen molar-refractivity contribution in [3.05, 3.63) is 24.2 Å². The van der Waals surface area contributed by atoms with Crippen LogP contribution in [0.3, 0.4) is 0 Å². The van der Waals surface area contributed by atoms with Gasteiger partial charge in [0, 0.05) is 19.2 Å². The Morgan fingerprint density at radius 2 is 2.43 bits per heavy atom. The second-order valence-corrected chi connectivity index (χ2v) is 5.60. The van der Waals surface area contributed by atoms with Crippen molar-refractivity contribution in [3.63, 3.8) is 0 Å². The van der Waals surface area contributed by atoms with Gasteiger partial charge < -0.3 is 19.7 Å². The normalized spacial score (nSPS) is 18.1. The zero-order valence-electron chi connectivity index (χ0n) is 12.9. The summed E-state index contributed by atoms with van der Waals surface area (Å²) in [4.78, 5) is 18.4. The number of carbonyl (C=O) groups is 1. The molecule has 1 saturated heterocycles. The second-order valence-electron chi connectivity index (χ2n) is 5.60. The van der Waals surface area contributed by atoms with Gasteiger partial charge in [-0.15, -0.1) is 5.10 Å². The van der Waals surface area contributed by atoms with Crippen LogP contribution in [0, 0.1) is 0 Å². The van der Waals surface area contributed by atoms with Gasteiger partial charge >= 0.3 is 6.03 Å². The Bertz CT molecular complexity index is 623. The maximum atomic E-state index is 12.3. The lowest BCUT2D eigenvalue weighted by Crippen LogP contribution is -2.48. The zero-order chi connectivity index (χ0) is 16.1. The van der Waals surface area contributed by atoms with Crippen molar-refractivity contribution < 1.29 is 14.3 Å². The molecule has 2 amide bonds. The molecule has 0 unspecified atom stereocenters. The summed E-state index contributed by atoms with van der Waals surface area (Å²) in [6, 6.07) is 3.53. The molecule has 0 saturated carbocycles. The summed E-state index contributed by atoms with van der Waals surface area (Å²) >= 11 is 0. The first-order valence-corrected chi connectivity index (χ1v) is 7.88. The number of furan rings is 1. The van der Waals surface area contributed by atoms with E-state index in [0.717, 1.165) is 25.8 Å². The van der Waals surface area contributed by atoms with Crippen LogP contribution in [0.25, 0.3) is 11.6 Å². The first kappa shape index (κ1) is 15.5. The maximum Gasteiger partial charge on any atom is 0.318 e. The number of amides is 2. The molecule has 0 spiro atoms. The summed E-state index contributed by atoms with van der Waals surface area (Å²) in [7, 11) is 0. The fourth-order valence-corrected chi connectivity index (χ4v) is 2.87. The first-order valence-electron chi connectivity index (χ1n) is 7.88. The fraction of sp³-hybridized carbons (Fsp3) is 0.533. The predicted octanol–water partition coefficient (Wildman–Crippen LogP) is 1.51. The minimum atomic E-state index is -0.126. The van der Waals surface area contributed by atoms with Crippen molar-refractivity contribution in [2.24, 2.45) is 0 Å². The molecule has 0 bridgehead atoms. The van der Waals surface area contributed by atoms with Crippen molar-refractivity contribution in [1.82, 2.24) is 25.4 Å². The number of H-pyrrole nitrogens is 1. The summed E-state index contributed by atoms with van der Waals surface area (Å²) in [5.41, 5.74) is 0. The van der Waals surface area contributed by atoms with Gasteiger partial charge in [-0.25, -0.2) is 9.78 Å². The molecule has 3 rings (SSSR count). The Morgan fingerprint density at radius 1 is 1.52 bits per heavy atom. The summed E-state index contributed by atoms with van der Waals surface area (Å²) in [5.74, 6) is 1.62. The van der Waals surface area contributed by atoms with Crippen LogP contribution in [-0.2, 0) is 6.54 Å². The highest BCUT2D eigenvalue weighted by Gasteiger charge is 2.26. The van der Waals surface area contributed by atoms with Gasteiger partial charge in [0.05, 0.1) is 12.8 Å². The average Bonchev–Trinajstić information content (AvgIpc) is 3.24. The monoisotopic (exact) mass is 319 g/mol. The van der Waals surface area contributed by atoms with E-state index in [4.69, 9.17) is 9.52 Å². The number of likely N-dealkylation sites (tertiary alicyclic amines) is 1. The predicted molar refractivity (Wildman–Crippen MR) is 82.4 cm³/mol. The van der Waals surface area contributed by atoms with Crippen molar-refractivity contribution in [3.8, 4) is 11.6 Å². The van der Waals surface area contributed by atoms with Crippen LogP contribution >= 0.6 is 0 Å². The third kappa shape index (κ3) is 3.70. The van der Waals surface area contributed by atoms with Crippen LogP contribution in [-0.4, -0.2) is 50.4 Å². The van der Waals surface area contributed by atoms with Crippen molar-refractivity contribution in [2.45, 2.75) is 38.3 Å². The highest BCUT2D eigenvalue weighted by Crippen LogP contribution is 2.19. The number of aliphatic hydroxyl groups is 1. The Labute approximate surface area is 133 Å². The van der Waals surface area contributed by atoms with E-state index in [1.54, 1.807) is 18.4 Å². The van der Waals surface area contributed by atoms with E-state index in [9.17, 15) is 4.79 Å². The van der Waals surface area contributed by atoms with Crippen LogP contribution in [0.5, 0.6) is 0 Å². The molecule has 0 aromatic carbocycles. The Kier molecular flexibility index (Phi) is 4.92. The number of hydrogen-bond acceptors (Lipinski definition) is 5. The quantitative estimate of drug-likeness (QED) is 0.774. The molecule has 0 radical (unpaired) electrons. The van der Waals surface area contributed by atoms with E-state index in [1.807, 2.05) is 4.90 Å². The van der Waals surface area contributed by atoms with E-state index in [0.29, 0.717) is 23.8 Å². The third-order valence-corrected chi connectivity index (χ3v) is 4.03. The van der Waals surface area contributed by atoms with E-state index >= 15 is 0 Å². The standard InChI is InChI=1S/C15H21N5O3/c21-8-6-11-4-1-2-7-20(11)15(22)16-10-13-17-14(19-18-13)12-5-3-9-23-12/h3,5,9,11,21H,1-2,4,6-8,10H2,(H,16,22)(H,17,18,19)/t11-/m1/s1. The van der Waals surface area contributed by atoms with Gasteiger partial charge in [0.25, 0.3) is 0 Å².